The number of rotatable bonds is 9. The normalized spacial score (nSPS) is 14.0. The van der Waals surface area contributed by atoms with Crippen molar-refractivity contribution in [3.63, 3.8) is 0 Å². The predicted octanol–water partition coefficient (Wildman–Crippen LogP) is 9.69. The van der Waals surface area contributed by atoms with Crippen molar-refractivity contribution in [2.75, 3.05) is 0 Å². The maximum absolute atomic E-state index is 4.56. The molecule has 0 fully saturated rings. The molecule has 0 nitrogen and oxygen atoms in total. The van der Waals surface area contributed by atoms with Crippen molar-refractivity contribution in [2.45, 2.75) is 0 Å². The summed E-state index contributed by atoms with van der Waals surface area (Å²) in [6, 6.07) is 65.2. The molecule has 6 aromatic carbocycles. The van der Waals surface area contributed by atoms with Crippen molar-refractivity contribution in [3.8, 4) is 0 Å². The Morgan fingerprint density at radius 1 is 0.273 bits per heavy atom. The molecule has 0 atom stereocenters. The number of hydrogen-bond donors (Lipinski definition) is 0. The van der Waals surface area contributed by atoms with Crippen molar-refractivity contribution in [3.05, 3.63) is 206 Å². The zero-order valence-corrected chi connectivity index (χ0v) is 29.2. The summed E-state index contributed by atoms with van der Waals surface area (Å²) in [5.41, 5.74) is 0. The molecule has 0 aromatic heterocycles. The van der Waals surface area contributed by atoms with Crippen molar-refractivity contribution in [1.82, 2.24) is 0 Å². The fourth-order valence-electron chi connectivity index (χ4n) is 6.15. The zero-order chi connectivity index (χ0) is 30.4. The van der Waals surface area contributed by atoms with Gasteiger partial charge >= 0.3 is 279 Å². The van der Waals surface area contributed by atoms with Crippen LogP contribution in [0.3, 0.4) is 0 Å². The molecule has 0 bridgehead atoms. The summed E-state index contributed by atoms with van der Waals surface area (Å²) in [5, 5.41) is 1.08. The molecule has 0 unspecified atom stereocenters. The maximum atomic E-state index is 4.56. The second-order valence-corrected chi connectivity index (χ2v) is 27.7. The van der Waals surface area contributed by atoms with E-state index in [2.05, 4.69) is 237 Å². The van der Waals surface area contributed by atoms with Gasteiger partial charge in [-0.15, -0.1) is 0 Å². The summed E-state index contributed by atoms with van der Waals surface area (Å²) in [6.07, 6.45) is 4.52. The van der Waals surface area contributed by atoms with Crippen LogP contribution < -0.4 is 31.8 Å². The van der Waals surface area contributed by atoms with Gasteiger partial charge in [-0.25, -0.2) is 0 Å². The van der Waals surface area contributed by atoms with Gasteiger partial charge in [-0.1, -0.05) is 0 Å². The van der Waals surface area contributed by atoms with E-state index in [9.17, 15) is 0 Å². The second-order valence-electron chi connectivity index (χ2n) is 10.8. The molecule has 218 valence electrons. The summed E-state index contributed by atoms with van der Waals surface area (Å²) in [7, 11) is 0. The average Bonchev–Trinajstić information content (AvgIpc) is 3.12. The van der Waals surface area contributed by atoms with Crippen LogP contribution in [-0.2, 0) is 0 Å². The van der Waals surface area contributed by atoms with Crippen LogP contribution in [0.2, 0.25) is 0 Å². The van der Waals surface area contributed by atoms with Gasteiger partial charge in [0.15, 0.2) is 0 Å². The van der Waals surface area contributed by atoms with E-state index in [4.69, 9.17) is 0 Å². The molecule has 44 heavy (non-hydrogen) atoms. The van der Waals surface area contributed by atoms with Gasteiger partial charge in [-0.2, -0.15) is 0 Å². The van der Waals surface area contributed by atoms with Crippen LogP contribution in [0.15, 0.2) is 206 Å². The Labute approximate surface area is 277 Å². The first-order chi connectivity index (χ1) is 21.5. The average molecular weight is 736 g/mol. The second kappa shape index (κ2) is 12.5. The van der Waals surface area contributed by atoms with Gasteiger partial charge in [0, 0.05) is 0 Å². The van der Waals surface area contributed by atoms with Crippen molar-refractivity contribution in [2.24, 2.45) is 0 Å². The molecule has 0 saturated heterocycles. The standard InChI is InChI=1S/C40H34Br2P2/c41-43(35-21-7-1-8-22-35,36-23-9-2-10-24-36,37-25-11-3-12-26-37)33-19-20-34-44(42,38-27-13-4-14-28-38,39-29-15-5-16-30-39)40-31-17-6-18-32-40/h1-34H. The third kappa shape index (κ3) is 5.09. The van der Waals surface area contributed by atoms with Crippen LogP contribution >= 0.6 is 41.6 Å². The van der Waals surface area contributed by atoms with E-state index >= 15 is 0 Å². The molecular weight excluding hydrogens is 702 g/mol. The SMILES string of the molecule is BrP(C=CC=CP(Br)(c1ccccc1)(c1ccccc1)c1ccccc1)(c1ccccc1)(c1ccccc1)c1ccccc1. The Morgan fingerprint density at radius 3 is 0.591 bits per heavy atom. The van der Waals surface area contributed by atoms with Gasteiger partial charge in [-0.3, -0.25) is 0 Å². The van der Waals surface area contributed by atoms with Crippen LogP contribution in [0.4, 0.5) is 0 Å². The molecule has 4 heteroatoms. The third-order valence-corrected chi connectivity index (χ3v) is 26.5. The molecular formula is C40H34Br2P2. The topological polar surface area (TPSA) is 0 Å². The van der Waals surface area contributed by atoms with Crippen LogP contribution in [0, 0.1) is 0 Å². The monoisotopic (exact) mass is 734 g/mol. The number of hydrogen-bond acceptors (Lipinski definition) is 0. The van der Waals surface area contributed by atoms with E-state index in [1.165, 1.54) is 31.8 Å². The van der Waals surface area contributed by atoms with Gasteiger partial charge in [0.2, 0.25) is 0 Å². The molecule has 0 aliphatic rings. The van der Waals surface area contributed by atoms with E-state index < -0.39 is 10.6 Å². The molecule has 0 heterocycles. The number of allylic oxidation sites excluding steroid dienone is 2. The summed E-state index contributed by atoms with van der Waals surface area (Å²) < 4.78 is 0. The van der Waals surface area contributed by atoms with Gasteiger partial charge in [0.25, 0.3) is 0 Å². The molecule has 0 saturated carbocycles. The van der Waals surface area contributed by atoms with Crippen molar-refractivity contribution < 1.29 is 0 Å². The van der Waals surface area contributed by atoms with Crippen LogP contribution in [-0.4, -0.2) is 0 Å². The Kier molecular flexibility index (Phi) is 8.74. The minimum absolute atomic E-state index is 1.26. The molecule has 0 amide bonds. The van der Waals surface area contributed by atoms with Crippen molar-refractivity contribution in [1.29, 1.82) is 0 Å². The minimum atomic E-state index is -3.23. The third-order valence-electron chi connectivity index (χ3n) is 8.41. The van der Waals surface area contributed by atoms with E-state index in [0.717, 1.165) is 0 Å². The number of benzene rings is 6. The summed E-state index contributed by atoms with van der Waals surface area (Å²) in [5.74, 6) is 4.86. The molecule has 0 radical (unpaired) electrons. The van der Waals surface area contributed by atoms with Crippen molar-refractivity contribution >= 4 is 73.4 Å². The zero-order valence-electron chi connectivity index (χ0n) is 24.3. The Balaban J connectivity index is 1.63. The summed E-state index contributed by atoms with van der Waals surface area (Å²) in [6.45, 7) is 0. The molecule has 0 aliphatic heterocycles. The fourth-order valence-corrected chi connectivity index (χ4v) is 19.4. The predicted molar refractivity (Wildman–Crippen MR) is 206 cm³/mol. The van der Waals surface area contributed by atoms with Crippen LogP contribution in [0.5, 0.6) is 0 Å². The van der Waals surface area contributed by atoms with E-state index in [0.29, 0.717) is 0 Å². The van der Waals surface area contributed by atoms with E-state index in [1.54, 1.807) is 0 Å². The van der Waals surface area contributed by atoms with Gasteiger partial charge in [-0.05, 0) is 0 Å². The first kappa shape index (κ1) is 30.6. The molecule has 6 aromatic rings. The molecule has 6 rings (SSSR count). The van der Waals surface area contributed by atoms with Crippen LogP contribution in [0.1, 0.15) is 0 Å². The molecule has 0 aliphatic carbocycles. The van der Waals surface area contributed by atoms with E-state index in [-0.39, 0.29) is 0 Å². The Hall–Kier alpha value is -3.38. The summed E-state index contributed by atoms with van der Waals surface area (Å²) >= 11 is 9.11. The molecule has 0 N–H and O–H groups in total. The first-order valence-electron chi connectivity index (χ1n) is 14.7. The Bertz CT molecular complexity index is 1530. The fraction of sp³-hybridized carbons (Fsp3) is 0. The van der Waals surface area contributed by atoms with Gasteiger partial charge in [0.05, 0.1) is 0 Å². The number of halogens is 2. The van der Waals surface area contributed by atoms with Crippen LogP contribution in [0.25, 0.3) is 0 Å². The Morgan fingerprint density at radius 2 is 0.432 bits per heavy atom. The van der Waals surface area contributed by atoms with Gasteiger partial charge < -0.3 is 0 Å². The molecule has 0 spiro atoms. The van der Waals surface area contributed by atoms with E-state index in [1.807, 2.05) is 0 Å². The summed E-state index contributed by atoms with van der Waals surface area (Å²) in [4.78, 5) is 0. The quantitative estimate of drug-likeness (QED) is 0.103. The van der Waals surface area contributed by atoms with Gasteiger partial charge in [0.1, 0.15) is 0 Å². The first-order valence-corrected chi connectivity index (χ1v) is 23.3.